The number of ether oxygens (including phenoxy) is 1. The summed E-state index contributed by atoms with van der Waals surface area (Å²) in [5.74, 6) is -0.159. The SMILES string of the molecule is CCOC(=O)/C(=C\C1=CCCC1)C1=CCCC1. The van der Waals surface area contributed by atoms with E-state index < -0.39 is 0 Å². The molecule has 0 bridgehead atoms. The maximum absolute atomic E-state index is 12.0. The molecule has 0 spiro atoms. The average Bonchev–Trinajstić information content (AvgIpc) is 2.99. The van der Waals surface area contributed by atoms with Crippen molar-refractivity contribution >= 4 is 5.97 Å². The van der Waals surface area contributed by atoms with Crippen LogP contribution in [0.15, 0.2) is 34.9 Å². The topological polar surface area (TPSA) is 26.3 Å². The van der Waals surface area contributed by atoms with Gasteiger partial charge in [0.25, 0.3) is 0 Å². The first-order chi connectivity index (χ1) is 8.31. The fraction of sp³-hybridized carbons (Fsp3) is 0.533. The molecule has 0 radical (unpaired) electrons. The fourth-order valence-corrected chi connectivity index (χ4v) is 2.42. The highest BCUT2D eigenvalue weighted by Gasteiger charge is 2.19. The van der Waals surface area contributed by atoms with Crippen molar-refractivity contribution in [1.82, 2.24) is 0 Å². The van der Waals surface area contributed by atoms with E-state index in [1.165, 1.54) is 17.6 Å². The van der Waals surface area contributed by atoms with E-state index in [-0.39, 0.29) is 5.97 Å². The van der Waals surface area contributed by atoms with Gasteiger partial charge in [-0.15, -0.1) is 0 Å². The molecule has 0 aromatic heterocycles. The van der Waals surface area contributed by atoms with Crippen LogP contribution in [0.1, 0.15) is 45.4 Å². The summed E-state index contributed by atoms with van der Waals surface area (Å²) in [6.07, 6.45) is 13.2. The first-order valence-electron chi connectivity index (χ1n) is 6.58. The summed E-state index contributed by atoms with van der Waals surface area (Å²) in [6, 6.07) is 0. The molecule has 0 saturated carbocycles. The van der Waals surface area contributed by atoms with Gasteiger partial charge in [0, 0.05) is 0 Å². The number of hydrogen-bond donors (Lipinski definition) is 0. The number of hydrogen-bond acceptors (Lipinski definition) is 2. The van der Waals surface area contributed by atoms with Crippen molar-refractivity contribution in [2.45, 2.75) is 45.4 Å². The van der Waals surface area contributed by atoms with Crippen LogP contribution in [0.4, 0.5) is 0 Å². The van der Waals surface area contributed by atoms with Crippen LogP contribution in [0, 0.1) is 0 Å². The molecule has 0 atom stereocenters. The third kappa shape index (κ3) is 3.09. The Bertz CT molecular complexity index is 386. The molecule has 0 fully saturated rings. The Labute approximate surface area is 103 Å². The van der Waals surface area contributed by atoms with E-state index in [2.05, 4.69) is 12.2 Å². The second-order valence-corrected chi connectivity index (χ2v) is 4.57. The molecule has 2 aliphatic rings. The zero-order chi connectivity index (χ0) is 12.1. The van der Waals surface area contributed by atoms with Crippen molar-refractivity contribution in [3.63, 3.8) is 0 Å². The van der Waals surface area contributed by atoms with E-state index in [1.54, 1.807) is 0 Å². The first kappa shape index (κ1) is 12.2. The average molecular weight is 232 g/mol. The van der Waals surface area contributed by atoms with Gasteiger partial charge in [-0.1, -0.05) is 17.7 Å². The largest absolute Gasteiger partial charge is 0.462 e. The van der Waals surface area contributed by atoms with Gasteiger partial charge in [-0.2, -0.15) is 0 Å². The van der Waals surface area contributed by atoms with E-state index in [9.17, 15) is 4.79 Å². The van der Waals surface area contributed by atoms with Gasteiger partial charge in [-0.05, 0) is 57.1 Å². The summed E-state index contributed by atoms with van der Waals surface area (Å²) < 4.78 is 5.15. The van der Waals surface area contributed by atoms with Crippen LogP contribution >= 0.6 is 0 Å². The van der Waals surface area contributed by atoms with Crippen LogP contribution in [-0.2, 0) is 9.53 Å². The van der Waals surface area contributed by atoms with Crippen molar-refractivity contribution in [1.29, 1.82) is 0 Å². The third-order valence-corrected chi connectivity index (χ3v) is 3.29. The highest BCUT2D eigenvalue weighted by Crippen LogP contribution is 2.29. The van der Waals surface area contributed by atoms with Crippen molar-refractivity contribution < 1.29 is 9.53 Å². The highest BCUT2D eigenvalue weighted by atomic mass is 16.5. The lowest BCUT2D eigenvalue weighted by Crippen LogP contribution is -2.09. The summed E-state index contributed by atoms with van der Waals surface area (Å²) in [5, 5.41) is 0. The molecule has 0 unspecified atom stereocenters. The van der Waals surface area contributed by atoms with Crippen molar-refractivity contribution in [2.24, 2.45) is 0 Å². The predicted octanol–water partition coefficient (Wildman–Crippen LogP) is 3.70. The summed E-state index contributed by atoms with van der Waals surface area (Å²) in [4.78, 5) is 12.0. The molecular weight excluding hydrogens is 212 g/mol. The van der Waals surface area contributed by atoms with Gasteiger partial charge in [0.05, 0.1) is 12.2 Å². The van der Waals surface area contributed by atoms with E-state index in [4.69, 9.17) is 4.74 Å². The Balaban J connectivity index is 2.19. The minimum atomic E-state index is -0.159. The predicted molar refractivity (Wildman–Crippen MR) is 68.6 cm³/mol. The van der Waals surface area contributed by atoms with Gasteiger partial charge < -0.3 is 4.74 Å². The number of carbonyl (C=O) groups excluding carboxylic acids is 1. The van der Waals surface area contributed by atoms with Crippen molar-refractivity contribution in [3.8, 4) is 0 Å². The van der Waals surface area contributed by atoms with Crippen molar-refractivity contribution in [3.05, 3.63) is 34.9 Å². The Morgan fingerprint density at radius 1 is 1.29 bits per heavy atom. The smallest absolute Gasteiger partial charge is 0.338 e. The summed E-state index contributed by atoms with van der Waals surface area (Å²) in [6.45, 7) is 2.30. The Kier molecular flexibility index (Phi) is 4.18. The Hall–Kier alpha value is -1.31. The highest BCUT2D eigenvalue weighted by molar-refractivity contribution is 5.94. The molecule has 0 aromatic carbocycles. The van der Waals surface area contributed by atoms with Gasteiger partial charge in [0.2, 0.25) is 0 Å². The molecule has 0 aromatic rings. The molecular formula is C15H20O2. The van der Waals surface area contributed by atoms with E-state index in [1.807, 2.05) is 13.0 Å². The number of carbonyl (C=O) groups is 1. The van der Waals surface area contributed by atoms with Crippen LogP contribution in [0.5, 0.6) is 0 Å². The zero-order valence-electron chi connectivity index (χ0n) is 10.5. The fourth-order valence-electron chi connectivity index (χ4n) is 2.42. The van der Waals surface area contributed by atoms with E-state index in [0.29, 0.717) is 6.61 Å². The number of rotatable bonds is 4. The minimum Gasteiger partial charge on any atom is -0.462 e. The Morgan fingerprint density at radius 3 is 2.65 bits per heavy atom. The van der Waals surface area contributed by atoms with Crippen molar-refractivity contribution in [2.75, 3.05) is 6.61 Å². The number of allylic oxidation sites excluding steroid dienone is 4. The van der Waals surface area contributed by atoms with Crippen LogP contribution in [0.25, 0.3) is 0 Å². The summed E-state index contributed by atoms with van der Waals surface area (Å²) in [7, 11) is 0. The van der Waals surface area contributed by atoms with Gasteiger partial charge >= 0.3 is 5.97 Å². The van der Waals surface area contributed by atoms with Gasteiger partial charge in [0.1, 0.15) is 0 Å². The molecule has 0 aliphatic heterocycles. The molecule has 2 aliphatic carbocycles. The number of esters is 1. The minimum absolute atomic E-state index is 0.159. The zero-order valence-corrected chi connectivity index (χ0v) is 10.5. The van der Waals surface area contributed by atoms with Crippen LogP contribution in [-0.4, -0.2) is 12.6 Å². The molecule has 0 saturated heterocycles. The maximum Gasteiger partial charge on any atom is 0.338 e. The lowest BCUT2D eigenvalue weighted by atomic mass is 10.0. The standard InChI is InChI=1S/C15H20O2/c1-2-17-15(16)14(13-9-5-6-10-13)11-12-7-3-4-8-12/h7,9,11H,2-6,8,10H2,1H3/b14-11-. The lowest BCUT2D eigenvalue weighted by Gasteiger charge is -2.08. The second-order valence-electron chi connectivity index (χ2n) is 4.57. The molecule has 0 N–H and O–H groups in total. The maximum atomic E-state index is 12.0. The quantitative estimate of drug-likeness (QED) is 0.545. The normalized spacial score (nSPS) is 20.2. The molecule has 92 valence electrons. The van der Waals surface area contributed by atoms with Gasteiger partial charge in [-0.25, -0.2) is 4.79 Å². The van der Waals surface area contributed by atoms with Crippen LogP contribution in [0.3, 0.4) is 0 Å². The van der Waals surface area contributed by atoms with Crippen LogP contribution < -0.4 is 0 Å². The molecule has 0 heterocycles. The van der Waals surface area contributed by atoms with E-state index in [0.717, 1.165) is 37.7 Å². The molecule has 0 amide bonds. The lowest BCUT2D eigenvalue weighted by molar-refractivity contribution is -0.138. The van der Waals surface area contributed by atoms with Gasteiger partial charge in [0.15, 0.2) is 0 Å². The Morgan fingerprint density at radius 2 is 2.06 bits per heavy atom. The molecule has 2 nitrogen and oxygen atoms in total. The van der Waals surface area contributed by atoms with Gasteiger partial charge in [-0.3, -0.25) is 0 Å². The van der Waals surface area contributed by atoms with E-state index >= 15 is 0 Å². The second kappa shape index (κ2) is 5.85. The summed E-state index contributed by atoms with van der Waals surface area (Å²) in [5.41, 5.74) is 3.26. The first-order valence-corrected chi connectivity index (χ1v) is 6.58. The van der Waals surface area contributed by atoms with Crippen LogP contribution in [0.2, 0.25) is 0 Å². The monoisotopic (exact) mass is 232 g/mol. The molecule has 17 heavy (non-hydrogen) atoms. The summed E-state index contributed by atoms with van der Waals surface area (Å²) >= 11 is 0. The molecule has 2 heteroatoms. The molecule has 2 rings (SSSR count). The third-order valence-electron chi connectivity index (χ3n) is 3.29.